The molecule has 0 saturated carbocycles. The predicted octanol–water partition coefficient (Wildman–Crippen LogP) is 8.23. The van der Waals surface area contributed by atoms with Crippen molar-refractivity contribution in [2.75, 3.05) is 12.4 Å². The molecule has 1 N–H and O–H groups in total. The topological polar surface area (TPSA) is 68.3 Å². The number of ether oxygens (including phenoxy) is 1. The van der Waals surface area contributed by atoms with Gasteiger partial charge in [-0.2, -0.15) is 0 Å². The van der Waals surface area contributed by atoms with Crippen LogP contribution < -0.4 is 5.32 Å². The lowest BCUT2D eigenvalue weighted by atomic mass is 9.88. The van der Waals surface area contributed by atoms with E-state index in [1.165, 1.54) is 24.0 Å². The number of halogens is 1. The Kier molecular flexibility index (Phi) is 7.96. The van der Waals surface area contributed by atoms with E-state index in [2.05, 4.69) is 59.4 Å². The summed E-state index contributed by atoms with van der Waals surface area (Å²) in [6, 6.07) is 16.0. The van der Waals surface area contributed by atoms with Crippen molar-refractivity contribution in [2.45, 2.75) is 52.4 Å². The fraction of sp³-hybridized carbons (Fsp3) is 0.323. The number of carbonyl (C=O) groups excluding carboxylic acids is 2. The van der Waals surface area contributed by atoms with Crippen LogP contribution in [0.15, 0.2) is 53.0 Å². The van der Waals surface area contributed by atoms with E-state index in [4.69, 9.17) is 9.72 Å². The van der Waals surface area contributed by atoms with Crippen molar-refractivity contribution in [3.8, 4) is 11.3 Å². The van der Waals surface area contributed by atoms with Crippen LogP contribution in [0.1, 0.15) is 69.8 Å². The van der Waals surface area contributed by atoms with E-state index in [0.29, 0.717) is 22.0 Å². The number of nitrogens with one attached hydrogen (secondary N) is 1. The molecule has 0 spiro atoms. The lowest BCUT2D eigenvalue weighted by molar-refractivity contribution is 0.0601. The van der Waals surface area contributed by atoms with E-state index in [9.17, 15) is 9.59 Å². The van der Waals surface area contributed by atoms with Gasteiger partial charge < -0.3 is 10.1 Å². The zero-order chi connectivity index (χ0) is 26.8. The summed E-state index contributed by atoms with van der Waals surface area (Å²) in [5, 5.41) is 4.38. The summed E-state index contributed by atoms with van der Waals surface area (Å²) in [5.41, 5.74) is 5.75. The maximum atomic E-state index is 13.8. The number of amides is 1. The number of pyridine rings is 1. The Morgan fingerprint density at radius 3 is 2.68 bits per heavy atom. The van der Waals surface area contributed by atoms with E-state index >= 15 is 0 Å². The van der Waals surface area contributed by atoms with Crippen LogP contribution in [0.3, 0.4) is 0 Å². The average molecular weight is 592 g/mol. The molecule has 2 heterocycles. The van der Waals surface area contributed by atoms with Gasteiger partial charge in [-0.05, 0) is 73.4 Å². The molecule has 0 saturated heterocycles. The summed E-state index contributed by atoms with van der Waals surface area (Å²) < 4.78 is 5.98. The summed E-state index contributed by atoms with van der Waals surface area (Å²) in [7, 11) is 1.39. The first-order valence-electron chi connectivity index (χ1n) is 13.1. The van der Waals surface area contributed by atoms with E-state index in [1.807, 2.05) is 24.3 Å². The molecule has 0 radical (unpaired) electrons. The van der Waals surface area contributed by atoms with Crippen molar-refractivity contribution in [2.24, 2.45) is 5.92 Å². The fourth-order valence-corrected chi connectivity index (χ4v) is 6.84. The van der Waals surface area contributed by atoms with Crippen molar-refractivity contribution in [1.29, 1.82) is 0 Å². The Morgan fingerprint density at radius 2 is 1.95 bits per heavy atom. The highest BCUT2D eigenvalue weighted by Crippen LogP contribution is 2.40. The minimum Gasteiger partial charge on any atom is -0.465 e. The Labute approximate surface area is 235 Å². The first-order chi connectivity index (χ1) is 18.4. The third kappa shape index (κ3) is 5.40. The molecule has 1 atom stereocenters. The van der Waals surface area contributed by atoms with Crippen LogP contribution in [0, 0.1) is 5.92 Å². The number of hydrogen-bond acceptors (Lipinski definition) is 5. The van der Waals surface area contributed by atoms with Crippen LogP contribution in [-0.4, -0.2) is 24.0 Å². The second-order valence-corrected chi connectivity index (χ2v) is 12.0. The molecule has 5 nitrogen and oxygen atoms in total. The summed E-state index contributed by atoms with van der Waals surface area (Å²) in [4.78, 5) is 32.6. The molecule has 1 amide bonds. The standard InChI is InChI=1S/C31H31BrN2O3S/c1-4-5-6-19-8-10-20(11-9-19)26-17-24(23-16-21(32)12-14-25(23)33-26)29(35)34-30-28(31(36)37-3)22-13-7-18(2)15-27(22)38-30/h8-12,14,16-18H,4-7,13,15H2,1-3H3,(H,34,35)/t18-/m1/s1. The fourth-order valence-electron chi connectivity index (χ4n) is 5.08. The number of hydrogen-bond donors (Lipinski definition) is 1. The van der Waals surface area contributed by atoms with Crippen molar-refractivity contribution in [3.05, 3.63) is 80.1 Å². The van der Waals surface area contributed by atoms with E-state index in [-0.39, 0.29) is 5.91 Å². The minimum absolute atomic E-state index is 0.270. The van der Waals surface area contributed by atoms with Gasteiger partial charge in [0.05, 0.1) is 29.4 Å². The smallest absolute Gasteiger partial charge is 0.341 e. The van der Waals surface area contributed by atoms with E-state index in [1.54, 1.807) is 0 Å². The molecule has 196 valence electrons. The van der Waals surface area contributed by atoms with E-state index < -0.39 is 5.97 Å². The van der Waals surface area contributed by atoms with Crippen LogP contribution in [0.4, 0.5) is 5.00 Å². The van der Waals surface area contributed by atoms with Crippen molar-refractivity contribution in [3.63, 3.8) is 0 Å². The highest BCUT2D eigenvalue weighted by molar-refractivity contribution is 9.10. The number of carbonyl (C=O) groups is 2. The highest BCUT2D eigenvalue weighted by Gasteiger charge is 2.29. The number of methoxy groups -OCH3 is 1. The molecule has 2 aromatic heterocycles. The molecule has 5 rings (SSSR count). The number of aryl methyl sites for hydroxylation is 1. The number of anilines is 1. The molecule has 1 aliphatic rings. The van der Waals surface area contributed by atoms with Crippen LogP contribution in [0.25, 0.3) is 22.2 Å². The molecule has 1 aliphatic carbocycles. The van der Waals surface area contributed by atoms with Gasteiger partial charge in [-0.25, -0.2) is 9.78 Å². The zero-order valence-electron chi connectivity index (χ0n) is 21.9. The van der Waals surface area contributed by atoms with Crippen molar-refractivity contribution >= 4 is 55.0 Å². The minimum atomic E-state index is -0.404. The third-order valence-electron chi connectivity index (χ3n) is 7.21. The van der Waals surface area contributed by atoms with Crippen molar-refractivity contribution in [1.82, 2.24) is 4.98 Å². The molecular weight excluding hydrogens is 560 g/mol. The number of fused-ring (bicyclic) bond motifs is 2. The van der Waals surface area contributed by atoms with Gasteiger partial charge in [-0.3, -0.25) is 4.79 Å². The van der Waals surface area contributed by atoms with E-state index in [0.717, 1.165) is 75.6 Å². The van der Waals surface area contributed by atoms with Gasteiger partial charge in [-0.15, -0.1) is 11.3 Å². The maximum Gasteiger partial charge on any atom is 0.341 e. The molecule has 0 fully saturated rings. The normalized spacial score (nSPS) is 14.8. The Balaban J connectivity index is 1.55. The van der Waals surface area contributed by atoms with Crippen molar-refractivity contribution < 1.29 is 14.3 Å². The molecule has 0 aliphatic heterocycles. The molecular formula is C31H31BrN2O3S. The van der Waals surface area contributed by atoms with Crippen LogP contribution in [0.5, 0.6) is 0 Å². The molecule has 2 aromatic carbocycles. The van der Waals surface area contributed by atoms with Gasteiger partial charge in [0.15, 0.2) is 0 Å². The number of nitrogens with zero attached hydrogens (tertiary/aromatic N) is 1. The third-order valence-corrected chi connectivity index (χ3v) is 8.88. The number of rotatable bonds is 7. The molecule has 4 aromatic rings. The second-order valence-electron chi connectivity index (χ2n) is 10.0. The molecule has 0 bridgehead atoms. The number of aromatic nitrogens is 1. The van der Waals surface area contributed by atoms with Gasteiger partial charge in [0.1, 0.15) is 5.00 Å². The summed E-state index contributed by atoms with van der Waals surface area (Å²) in [5.74, 6) is -0.126. The molecule has 38 heavy (non-hydrogen) atoms. The average Bonchev–Trinajstić information content (AvgIpc) is 3.27. The highest BCUT2D eigenvalue weighted by atomic mass is 79.9. The quantitative estimate of drug-likeness (QED) is 0.220. The van der Waals surface area contributed by atoms with Crippen LogP contribution in [0.2, 0.25) is 0 Å². The molecule has 0 unspecified atom stereocenters. The predicted molar refractivity (Wildman–Crippen MR) is 158 cm³/mol. The Hall–Kier alpha value is -3.03. The van der Waals surface area contributed by atoms with Gasteiger partial charge in [0.2, 0.25) is 0 Å². The van der Waals surface area contributed by atoms with Gasteiger partial charge in [0.25, 0.3) is 5.91 Å². The Morgan fingerprint density at radius 1 is 1.16 bits per heavy atom. The van der Waals surface area contributed by atoms with Gasteiger partial charge in [0, 0.05) is 20.3 Å². The second kappa shape index (κ2) is 11.4. The Bertz CT molecular complexity index is 1510. The van der Waals surface area contributed by atoms with Crippen LogP contribution >= 0.6 is 27.3 Å². The number of esters is 1. The number of thiophene rings is 1. The monoisotopic (exact) mass is 590 g/mol. The summed E-state index contributed by atoms with van der Waals surface area (Å²) in [6.07, 6.45) is 6.11. The number of benzene rings is 2. The lowest BCUT2D eigenvalue weighted by Crippen LogP contribution is -2.16. The van der Waals surface area contributed by atoms with Gasteiger partial charge in [-0.1, -0.05) is 60.5 Å². The first-order valence-corrected chi connectivity index (χ1v) is 14.7. The zero-order valence-corrected chi connectivity index (χ0v) is 24.3. The summed E-state index contributed by atoms with van der Waals surface area (Å²) in [6.45, 7) is 4.41. The van der Waals surface area contributed by atoms with Gasteiger partial charge >= 0.3 is 5.97 Å². The lowest BCUT2D eigenvalue weighted by Gasteiger charge is -2.18. The number of unbranched alkanes of at least 4 members (excludes halogenated alkanes) is 1. The van der Waals surface area contributed by atoms with Crippen LogP contribution in [-0.2, 0) is 24.0 Å². The SMILES string of the molecule is CCCCc1ccc(-c2cc(C(=O)Nc3sc4c(c3C(=O)OC)CC[C@@H](C)C4)c3cc(Br)ccc3n2)cc1. The maximum absolute atomic E-state index is 13.8. The first kappa shape index (κ1) is 26.6. The largest absolute Gasteiger partial charge is 0.465 e. The molecule has 7 heteroatoms. The summed E-state index contributed by atoms with van der Waals surface area (Å²) >= 11 is 5.03.